The molecule has 80 valence electrons. The lowest BCUT2D eigenvalue weighted by atomic mass is 10.1. The van der Waals surface area contributed by atoms with Crippen molar-refractivity contribution in [1.29, 1.82) is 0 Å². The number of alkyl halides is 1. The van der Waals surface area contributed by atoms with Gasteiger partial charge in [-0.15, -0.1) is 0 Å². The highest BCUT2D eigenvalue weighted by molar-refractivity contribution is 5.91. The Morgan fingerprint density at radius 3 is 2.57 bits per heavy atom. The Hall–Kier alpha value is -1.13. The number of likely N-dealkylation sites (N-methyl/N-ethyl adjacent to an activating group) is 1. The van der Waals surface area contributed by atoms with Gasteiger partial charge in [-0.1, -0.05) is 0 Å². The van der Waals surface area contributed by atoms with Crippen LogP contribution < -0.4 is 5.32 Å². The van der Waals surface area contributed by atoms with Crippen LogP contribution in [-0.4, -0.2) is 42.0 Å². The van der Waals surface area contributed by atoms with E-state index in [2.05, 4.69) is 5.32 Å². The minimum atomic E-state index is -1.93. The van der Waals surface area contributed by atoms with E-state index < -0.39 is 17.6 Å². The first-order chi connectivity index (χ1) is 6.32. The van der Waals surface area contributed by atoms with E-state index >= 15 is 0 Å². The summed E-state index contributed by atoms with van der Waals surface area (Å²) in [7, 11) is 1.66. The van der Waals surface area contributed by atoms with Gasteiger partial charge < -0.3 is 10.2 Å². The first kappa shape index (κ1) is 10.9. The maximum atomic E-state index is 13.1. The van der Waals surface area contributed by atoms with Crippen molar-refractivity contribution < 1.29 is 14.0 Å². The molecule has 1 N–H and O–H groups in total. The van der Waals surface area contributed by atoms with Crippen molar-refractivity contribution in [3.05, 3.63) is 0 Å². The van der Waals surface area contributed by atoms with Gasteiger partial charge in [0, 0.05) is 13.6 Å². The summed E-state index contributed by atoms with van der Waals surface area (Å²) in [4.78, 5) is 24.1. The number of carbonyl (C=O) groups excluding carboxylic acids is 2. The largest absolute Gasteiger partial charge is 0.344 e. The molecule has 0 aromatic heterocycles. The van der Waals surface area contributed by atoms with E-state index in [4.69, 9.17) is 0 Å². The van der Waals surface area contributed by atoms with Gasteiger partial charge in [-0.3, -0.25) is 9.59 Å². The fourth-order valence-corrected chi connectivity index (χ4v) is 1.29. The van der Waals surface area contributed by atoms with Crippen molar-refractivity contribution in [3.63, 3.8) is 0 Å². The van der Waals surface area contributed by atoms with Crippen LogP contribution in [0.15, 0.2) is 0 Å². The van der Waals surface area contributed by atoms with Crippen LogP contribution in [0.1, 0.15) is 20.3 Å². The highest BCUT2D eigenvalue weighted by Crippen LogP contribution is 2.12. The van der Waals surface area contributed by atoms with Crippen molar-refractivity contribution in [2.45, 2.75) is 32.0 Å². The second kappa shape index (κ2) is 3.55. The van der Waals surface area contributed by atoms with Crippen molar-refractivity contribution >= 4 is 11.8 Å². The number of nitrogens with one attached hydrogen (secondary N) is 1. The lowest BCUT2D eigenvalue weighted by Crippen LogP contribution is -2.47. The molecule has 1 rings (SSSR count). The van der Waals surface area contributed by atoms with Crippen molar-refractivity contribution in [2.24, 2.45) is 0 Å². The van der Waals surface area contributed by atoms with E-state index in [1.165, 1.54) is 18.7 Å². The molecular weight excluding hydrogens is 187 g/mol. The van der Waals surface area contributed by atoms with E-state index in [0.29, 0.717) is 13.0 Å². The molecule has 1 aliphatic heterocycles. The zero-order valence-electron chi connectivity index (χ0n) is 8.63. The molecule has 1 unspecified atom stereocenters. The maximum Gasteiger partial charge on any atom is 0.257 e. The molecule has 1 heterocycles. The van der Waals surface area contributed by atoms with Crippen LogP contribution in [0.5, 0.6) is 0 Å². The highest BCUT2D eigenvalue weighted by atomic mass is 19.1. The fraction of sp³-hybridized carbons (Fsp3) is 0.778. The zero-order chi connectivity index (χ0) is 10.9. The lowest BCUT2D eigenvalue weighted by Gasteiger charge is -2.17. The quantitative estimate of drug-likeness (QED) is 0.689. The first-order valence-corrected chi connectivity index (χ1v) is 4.57. The van der Waals surface area contributed by atoms with Gasteiger partial charge >= 0.3 is 0 Å². The molecular formula is C9H15FN2O2. The predicted molar refractivity (Wildman–Crippen MR) is 49.4 cm³/mol. The molecule has 1 atom stereocenters. The van der Waals surface area contributed by atoms with Crippen LogP contribution in [-0.2, 0) is 9.59 Å². The maximum absolute atomic E-state index is 13.1. The number of amides is 2. The summed E-state index contributed by atoms with van der Waals surface area (Å²) >= 11 is 0. The van der Waals surface area contributed by atoms with E-state index in [9.17, 15) is 14.0 Å². The zero-order valence-corrected chi connectivity index (χ0v) is 8.63. The number of carbonyl (C=O) groups is 2. The number of rotatable bonds is 2. The molecule has 0 bridgehead atoms. The standard InChI is InChI=1S/C9H15FN2O2/c1-9(2,10)8(14)11-6-4-5-12(3)7(6)13/h6H,4-5H2,1-3H3,(H,11,14). The monoisotopic (exact) mass is 202 g/mol. The summed E-state index contributed by atoms with van der Waals surface area (Å²) < 4.78 is 13.1. The number of halogens is 1. The van der Waals surface area contributed by atoms with Gasteiger partial charge in [-0.05, 0) is 20.3 Å². The van der Waals surface area contributed by atoms with Gasteiger partial charge in [0.2, 0.25) is 5.91 Å². The van der Waals surface area contributed by atoms with Crippen molar-refractivity contribution in [3.8, 4) is 0 Å². The minimum absolute atomic E-state index is 0.150. The molecule has 4 nitrogen and oxygen atoms in total. The van der Waals surface area contributed by atoms with Crippen LogP contribution in [0.25, 0.3) is 0 Å². The Morgan fingerprint density at radius 1 is 1.64 bits per heavy atom. The molecule has 5 heteroatoms. The van der Waals surface area contributed by atoms with Crippen LogP contribution in [0.2, 0.25) is 0 Å². The van der Waals surface area contributed by atoms with Crippen molar-refractivity contribution in [2.75, 3.05) is 13.6 Å². The number of likely N-dealkylation sites (tertiary alicyclic amines) is 1. The SMILES string of the molecule is CN1CCC(NC(=O)C(C)(C)F)C1=O. The third-order valence-corrected chi connectivity index (χ3v) is 2.27. The van der Waals surface area contributed by atoms with Gasteiger partial charge in [0.05, 0.1) is 0 Å². The van der Waals surface area contributed by atoms with Gasteiger partial charge in [0.25, 0.3) is 5.91 Å². The molecule has 14 heavy (non-hydrogen) atoms. The fourth-order valence-electron chi connectivity index (χ4n) is 1.29. The summed E-state index contributed by atoms with van der Waals surface area (Å²) in [6.07, 6.45) is 0.553. The first-order valence-electron chi connectivity index (χ1n) is 4.57. The normalized spacial score (nSPS) is 22.7. The Balaban J connectivity index is 2.54. The molecule has 1 saturated heterocycles. The third-order valence-electron chi connectivity index (χ3n) is 2.27. The van der Waals surface area contributed by atoms with Gasteiger partial charge in [0.15, 0.2) is 5.67 Å². The van der Waals surface area contributed by atoms with Crippen LogP contribution in [0.3, 0.4) is 0 Å². The second-order valence-electron chi connectivity index (χ2n) is 4.05. The smallest absolute Gasteiger partial charge is 0.257 e. The molecule has 0 aromatic carbocycles. The number of hydrogen-bond donors (Lipinski definition) is 1. The summed E-state index contributed by atoms with van der Waals surface area (Å²) in [5, 5.41) is 2.39. The number of hydrogen-bond acceptors (Lipinski definition) is 2. The Kier molecular flexibility index (Phi) is 2.78. The molecule has 1 fully saturated rings. The van der Waals surface area contributed by atoms with E-state index in [-0.39, 0.29) is 5.91 Å². The lowest BCUT2D eigenvalue weighted by molar-refractivity contribution is -0.136. The van der Waals surface area contributed by atoms with Crippen LogP contribution in [0, 0.1) is 0 Å². The van der Waals surface area contributed by atoms with E-state index in [1.807, 2.05) is 0 Å². The average molecular weight is 202 g/mol. The Bertz CT molecular complexity index is 260. The summed E-state index contributed by atoms with van der Waals surface area (Å²) in [6.45, 7) is 2.95. The molecule has 0 radical (unpaired) electrons. The Labute approximate surface area is 82.5 Å². The number of nitrogens with zero attached hydrogens (tertiary/aromatic N) is 1. The third kappa shape index (κ3) is 2.21. The average Bonchev–Trinajstić information content (AvgIpc) is 2.34. The molecule has 2 amide bonds. The molecule has 0 spiro atoms. The minimum Gasteiger partial charge on any atom is -0.344 e. The van der Waals surface area contributed by atoms with Crippen LogP contribution >= 0.6 is 0 Å². The van der Waals surface area contributed by atoms with Gasteiger partial charge in [-0.2, -0.15) is 0 Å². The molecule has 0 aromatic rings. The molecule has 0 saturated carbocycles. The Morgan fingerprint density at radius 2 is 2.21 bits per heavy atom. The van der Waals surface area contributed by atoms with E-state index in [0.717, 1.165) is 0 Å². The second-order valence-corrected chi connectivity index (χ2v) is 4.05. The summed E-state index contributed by atoms with van der Waals surface area (Å²) in [5.74, 6) is -0.881. The van der Waals surface area contributed by atoms with Gasteiger partial charge in [-0.25, -0.2) is 4.39 Å². The highest BCUT2D eigenvalue weighted by Gasteiger charge is 2.34. The van der Waals surface area contributed by atoms with E-state index in [1.54, 1.807) is 7.05 Å². The predicted octanol–water partition coefficient (Wildman–Crippen LogP) is 0.0814. The van der Waals surface area contributed by atoms with Gasteiger partial charge in [0.1, 0.15) is 6.04 Å². The van der Waals surface area contributed by atoms with Crippen LogP contribution in [0.4, 0.5) is 4.39 Å². The topological polar surface area (TPSA) is 49.4 Å². The summed E-state index contributed by atoms with van der Waals surface area (Å²) in [6, 6.07) is -0.553. The summed E-state index contributed by atoms with van der Waals surface area (Å²) in [5.41, 5.74) is -1.93. The molecule has 0 aliphatic carbocycles. The molecule has 1 aliphatic rings. The van der Waals surface area contributed by atoms with Crippen molar-refractivity contribution in [1.82, 2.24) is 10.2 Å².